The number of pyridine rings is 2. The van der Waals surface area contributed by atoms with Gasteiger partial charge >= 0.3 is 0 Å². The molecule has 0 saturated carbocycles. The molecule has 0 saturated heterocycles. The van der Waals surface area contributed by atoms with E-state index >= 15 is 0 Å². The number of aryl methyl sites for hydroxylation is 3. The van der Waals surface area contributed by atoms with E-state index in [0.717, 1.165) is 34.3 Å². The highest BCUT2D eigenvalue weighted by Gasteiger charge is 2.20. The predicted octanol–water partition coefficient (Wildman–Crippen LogP) is 3.71. The molecular weight excluding hydrogens is 320 g/mol. The zero-order valence-corrected chi connectivity index (χ0v) is 14.2. The summed E-state index contributed by atoms with van der Waals surface area (Å²) >= 11 is 1.35. The van der Waals surface area contributed by atoms with E-state index in [0.29, 0.717) is 16.4 Å². The molecule has 0 aliphatic heterocycles. The SMILES string of the molecule is Cc1ccnc(NC(=O)c2sc3nc4c(cc3c2N)CCCC4)c1. The molecule has 0 bridgehead atoms. The monoisotopic (exact) mass is 338 g/mol. The van der Waals surface area contributed by atoms with E-state index in [1.807, 2.05) is 19.1 Å². The molecule has 0 spiro atoms. The number of nitrogens with two attached hydrogens (primary N) is 1. The molecule has 1 aliphatic rings. The van der Waals surface area contributed by atoms with Crippen molar-refractivity contribution in [3.8, 4) is 0 Å². The lowest BCUT2D eigenvalue weighted by Crippen LogP contribution is -2.13. The third kappa shape index (κ3) is 2.63. The molecule has 6 heteroatoms. The van der Waals surface area contributed by atoms with Crippen LogP contribution in [0, 0.1) is 6.92 Å². The van der Waals surface area contributed by atoms with Crippen molar-refractivity contribution < 1.29 is 4.79 Å². The summed E-state index contributed by atoms with van der Waals surface area (Å²) in [5.74, 6) is 0.302. The number of thiophene rings is 1. The van der Waals surface area contributed by atoms with E-state index in [9.17, 15) is 4.79 Å². The molecule has 0 unspecified atom stereocenters. The van der Waals surface area contributed by atoms with Crippen LogP contribution in [0.1, 0.15) is 39.3 Å². The molecule has 1 amide bonds. The van der Waals surface area contributed by atoms with E-state index < -0.39 is 0 Å². The minimum Gasteiger partial charge on any atom is -0.397 e. The normalized spacial score (nSPS) is 13.7. The zero-order chi connectivity index (χ0) is 16.7. The topological polar surface area (TPSA) is 80.9 Å². The summed E-state index contributed by atoms with van der Waals surface area (Å²) in [6.45, 7) is 1.96. The van der Waals surface area contributed by atoms with Gasteiger partial charge in [0.05, 0.1) is 5.69 Å². The first-order valence-corrected chi connectivity index (χ1v) is 8.88. The number of aromatic nitrogens is 2. The Kier molecular flexibility index (Phi) is 3.69. The number of anilines is 2. The lowest BCUT2D eigenvalue weighted by atomic mass is 9.95. The predicted molar refractivity (Wildman–Crippen MR) is 97.6 cm³/mol. The summed E-state index contributed by atoms with van der Waals surface area (Å²) in [5.41, 5.74) is 10.2. The Morgan fingerprint density at radius 2 is 2.12 bits per heavy atom. The Morgan fingerprint density at radius 1 is 1.29 bits per heavy atom. The summed E-state index contributed by atoms with van der Waals surface area (Å²) in [5, 5.41) is 3.71. The number of carbonyl (C=O) groups is 1. The first-order valence-electron chi connectivity index (χ1n) is 8.06. The van der Waals surface area contributed by atoms with Crippen LogP contribution in [0.5, 0.6) is 0 Å². The highest BCUT2D eigenvalue weighted by atomic mass is 32.1. The minimum absolute atomic E-state index is 0.230. The summed E-state index contributed by atoms with van der Waals surface area (Å²) in [4.78, 5) is 22.8. The van der Waals surface area contributed by atoms with Gasteiger partial charge in [0.1, 0.15) is 15.5 Å². The quantitative estimate of drug-likeness (QED) is 0.746. The number of amides is 1. The van der Waals surface area contributed by atoms with Crippen LogP contribution in [0.2, 0.25) is 0 Å². The molecule has 0 aromatic carbocycles. The van der Waals surface area contributed by atoms with Crippen LogP contribution in [0.4, 0.5) is 11.5 Å². The van der Waals surface area contributed by atoms with Gasteiger partial charge < -0.3 is 11.1 Å². The molecule has 5 nitrogen and oxygen atoms in total. The Morgan fingerprint density at radius 3 is 2.96 bits per heavy atom. The number of nitrogens with one attached hydrogen (secondary N) is 1. The van der Waals surface area contributed by atoms with Gasteiger partial charge in [0.25, 0.3) is 5.91 Å². The van der Waals surface area contributed by atoms with Gasteiger partial charge in [0.2, 0.25) is 0 Å². The summed E-state index contributed by atoms with van der Waals surface area (Å²) in [6.07, 6.45) is 6.10. The van der Waals surface area contributed by atoms with Crippen LogP contribution in [0.3, 0.4) is 0 Å². The first kappa shape index (κ1) is 15.1. The standard InChI is InChI=1S/C18H18N4OS/c1-10-6-7-20-14(8-10)22-17(23)16-15(19)12-9-11-4-2-3-5-13(11)21-18(12)24-16/h6-9H,2-5,19H2,1H3,(H,20,22,23). The van der Waals surface area contributed by atoms with E-state index in [4.69, 9.17) is 10.7 Å². The lowest BCUT2D eigenvalue weighted by molar-refractivity contribution is 0.103. The van der Waals surface area contributed by atoms with Crippen molar-refractivity contribution >= 4 is 39.0 Å². The van der Waals surface area contributed by atoms with Gasteiger partial charge in [0, 0.05) is 17.3 Å². The summed E-state index contributed by atoms with van der Waals surface area (Å²) in [6, 6.07) is 5.83. The fourth-order valence-corrected chi connectivity index (χ4v) is 4.10. The number of rotatable bonds is 2. The third-order valence-corrected chi connectivity index (χ3v) is 5.48. The molecule has 3 aromatic heterocycles. The molecule has 3 N–H and O–H groups in total. The van der Waals surface area contributed by atoms with E-state index in [1.165, 1.54) is 29.7 Å². The van der Waals surface area contributed by atoms with Crippen molar-refractivity contribution in [3.05, 3.63) is 46.1 Å². The average molecular weight is 338 g/mol. The van der Waals surface area contributed by atoms with Crippen molar-refractivity contribution in [2.75, 3.05) is 11.1 Å². The fraction of sp³-hybridized carbons (Fsp3) is 0.278. The number of nitrogens with zero attached hydrogens (tertiary/aromatic N) is 2. The zero-order valence-electron chi connectivity index (χ0n) is 13.4. The second-order valence-corrected chi connectivity index (χ2v) is 7.17. The Hall–Kier alpha value is -2.47. The molecule has 3 heterocycles. The number of fused-ring (bicyclic) bond motifs is 2. The van der Waals surface area contributed by atoms with Crippen LogP contribution in [-0.2, 0) is 12.8 Å². The van der Waals surface area contributed by atoms with E-state index in [1.54, 1.807) is 6.20 Å². The number of hydrogen-bond donors (Lipinski definition) is 2. The van der Waals surface area contributed by atoms with Crippen LogP contribution in [0.15, 0.2) is 24.4 Å². The summed E-state index contributed by atoms with van der Waals surface area (Å²) in [7, 11) is 0. The first-order chi connectivity index (χ1) is 11.6. The Bertz CT molecular complexity index is 948. The van der Waals surface area contributed by atoms with Crippen LogP contribution < -0.4 is 11.1 Å². The van der Waals surface area contributed by atoms with Crippen molar-refractivity contribution in [1.29, 1.82) is 0 Å². The van der Waals surface area contributed by atoms with Gasteiger partial charge in [-0.25, -0.2) is 9.97 Å². The maximum atomic E-state index is 12.6. The van der Waals surface area contributed by atoms with Crippen molar-refractivity contribution in [3.63, 3.8) is 0 Å². The number of carbonyl (C=O) groups excluding carboxylic acids is 1. The van der Waals surface area contributed by atoms with Crippen LogP contribution >= 0.6 is 11.3 Å². The molecule has 122 valence electrons. The summed E-state index contributed by atoms with van der Waals surface area (Å²) < 4.78 is 0. The molecule has 3 aromatic rings. The molecule has 1 aliphatic carbocycles. The maximum Gasteiger partial charge on any atom is 0.269 e. The van der Waals surface area contributed by atoms with Crippen LogP contribution in [-0.4, -0.2) is 15.9 Å². The Balaban J connectivity index is 1.71. The van der Waals surface area contributed by atoms with Gasteiger partial charge in [-0.2, -0.15) is 0 Å². The van der Waals surface area contributed by atoms with E-state index in [2.05, 4.69) is 16.4 Å². The van der Waals surface area contributed by atoms with Gasteiger partial charge in [-0.15, -0.1) is 11.3 Å². The highest BCUT2D eigenvalue weighted by Crippen LogP contribution is 2.35. The fourth-order valence-electron chi connectivity index (χ4n) is 3.11. The molecular formula is C18H18N4OS. The lowest BCUT2D eigenvalue weighted by Gasteiger charge is -2.14. The van der Waals surface area contributed by atoms with Crippen molar-refractivity contribution in [2.45, 2.75) is 32.6 Å². The second-order valence-electron chi connectivity index (χ2n) is 6.17. The minimum atomic E-state index is -0.230. The van der Waals surface area contributed by atoms with Crippen LogP contribution in [0.25, 0.3) is 10.2 Å². The van der Waals surface area contributed by atoms with Gasteiger partial charge in [-0.05, 0) is 61.9 Å². The Labute approximate surface area is 143 Å². The van der Waals surface area contributed by atoms with Gasteiger partial charge in [-0.3, -0.25) is 4.79 Å². The van der Waals surface area contributed by atoms with E-state index in [-0.39, 0.29) is 5.91 Å². The van der Waals surface area contributed by atoms with Crippen molar-refractivity contribution in [2.24, 2.45) is 0 Å². The highest BCUT2D eigenvalue weighted by molar-refractivity contribution is 7.21. The average Bonchev–Trinajstić information content (AvgIpc) is 2.89. The maximum absolute atomic E-state index is 12.6. The molecule has 0 radical (unpaired) electrons. The molecule has 0 fully saturated rings. The van der Waals surface area contributed by atoms with Crippen molar-refractivity contribution in [1.82, 2.24) is 9.97 Å². The van der Waals surface area contributed by atoms with Gasteiger partial charge in [0.15, 0.2) is 0 Å². The van der Waals surface area contributed by atoms with Gasteiger partial charge in [-0.1, -0.05) is 0 Å². The molecule has 24 heavy (non-hydrogen) atoms. The third-order valence-electron chi connectivity index (χ3n) is 4.36. The molecule has 0 atom stereocenters. The molecule has 4 rings (SSSR count). The number of nitrogen functional groups attached to an aromatic ring is 1. The smallest absolute Gasteiger partial charge is 0.269 e. The largest absolute Gasteiger partial charge is 0.397 e. The second kappa shape index (κ2) is 5.87. The number of hydrogen-bond acceptors (Lipinski definition) is 5.